The number of amides is 1. The number of thiocarbonyl (C=S) groups is 1. The van der Waals surface area contributed by atoms with Crippen LogP contribution in [0.1, 0.15) is 10.4 Å². The summed E-state index contributed by atoms with van der Waals surface area (Å²) in [5, 5.41) is 35.6. The molecule has 0 aliphatic heterocycles. The van der Waals surface area contributed by atoms with Crippen molar-refractivity contribution in [1.29, 1.82) is 0 Å². The van der Waals surface area contributed by atoms with Gasteiger partial charge >= 0.3 is 0 Å². The van der Waals surface area contributed by atoms with Crippen molar-refractivity contribution in [2.45, 2.75) is 0 Å². The minimum Gasteiger partial charge on any atom is -0.506 e. The van der Waals surface area contributed by atoms with Gasteiger partial charge in [-0.05, 0) is 24.4 Å². The number of nitrogens with zero attached hydrogens (tertiary/aromatic N) is 2. The van der Waals surface area contributed by atoms with Gasteiger partial charge in [0.25, 0.3) is 17.3 Å². The van der Waals surface area contributed by atoms with Crippen LogP contribution in [0.25, 0.3) is 0 Å². The van der Waals surface area contributed by atoms with Crippen LogP contribution >= 0.6 is 12.2 Å². The number of carbonyl (C=O) groups is 1. The van der Waals surface area contributed by atoms with Crippen LogP contribution in [0.2, 0.25) is 0 Å². The van der Waals surface area contributed by atoms with Gasteiger partial charge in [-0.3, -0.25) is 30.3 Å². The zero-order valence-corrected chi connectivity index (χ0v) is 13.1. The van der Waals surface area contributed by atoms with Gasteiger partial charge in [-0.15, -0.1) is 0 Å². The first-order valence-corrected chi connectivity index (χ1v) is 7.03. The number of aromatic hydroxyl groups is 1. The Bertz CT molecular complexity index is 885. The molecule has 2 aromatic carbocycles. The molecule has 10 nitrogen and oxygen atoms in total. The molecule has 0 aliphatic carbocycles. The SMILES string of the molecule is O=C(NC(=S)Nc1cc([N+](=O)[O-])ccc1O)c1cccc([N+](=O)[O-])c1. The highest BCUT2D eigenvalue weighted by atomic mass is 32.1. The predicted molar refractivity (Wildman–Crippen MR) is 91.5 cm³/mol. The third-order valence-electron chi connectivity index (χ3n) is 2.99. The Hall–Kier alpha value is -3.60. The van der Waals surface area contributed by atoms with E-state index in [0.29, 0.717) is 0 Å². The highest BCUT2D eigenvalue weighted by molar-refractivity contribution is 7.80. The molecule has 1 amide bonds. The van der Waals surface area contributed by atoms with Crippen molar-refractivity contribution < 1.29 is 19.7 Å². The number of nitro groups is 2. The van der Waals surface area contributed by atoms with Crippen molar-refractivity contribution in [3.63, 3.8) is 0 Å². The second-order valence-corrected chi connectivity index (χ2v) is 5.08. The molecule has 128 valence electrons. The lowest BCUT2D eigenvalue weighted by Gasteiger charge is -2.10. The summed E-state index contributed by atoms with van der Waals surface area (Å²) in [5.74, 6) is -1.02. The molecule has 0 heterocycles. The van der Waals surface area contributed by atoms with Crippen LogP contribution in [0.4, 0.5) is 17.1 Å². The lowest BCUT2D eigenvalue weighted by molar-refractivity contribution is -0.385. The first-order valence-electron chi connectivity index (χ1n) is 6.62. The number of phenolic OH excluding ortho intramolecular Hbond substituents is 1. The van der Waals surface area contributed by atoms with E-state index in [0.717, 1.165) is 24.3 Å². The van der Waals surface area contributed by atoms with Gasteiger partial charge in [-0.1, -0.05) is 6.07 Å². The van der Waals surface area contributed by atoms with E-state index in [9.17, 15) is 30.1 Å². The Balaban J connectivity index is 2.11. The van der Waals surface area contributed by atoms with Gasteiger partial charge in [0.15, 0.2) is 5.11 Å². The zero-order chi connectivity index (χ0) is 18.6. The third kappa shape index (κ3) is 4.45. The van der Waals surface area contributed by atoms with Crippen LogP contribution in [-0.2, 0) is 0 Å². The second-order valence-electron chi connectivity index (χ2n) is 4.67. The average molecular weight is 362 g/mol. The number of benzene rings is 2. The molecular weight excluding hydrogens is 352 g/mol. The number of carbonyl (C=O) groups excluding carboxylic acids is 1. The summed E-state index contributed by atoms with van der Waals surface area (Å²) in [6.07, 6.45) is 0. The lowest BCUT2D eigenvalue weighted by atomic mass is 10.2. The van der Waals surface area contributed by atoms with E-state index in [-0.39, 0.29) is 33.5 Å². The number of rotatable bonds is 4. The molecule has 25 heavy (non-hydrogen) atoms. The van der Waals surface area contributed by atoms with Gasteiger partial charge in [0.2, 0.25) is 0 Å². The van der Waals surface area contributed by atoms with Crippen LogP contribution in [0.5, 0.6) is 5.75 Å². The van der Waals surface area contributed by atoms with E-state index in [1.54, 1.807) is 0 Å². The Kier molecular flexibility index (Phi) is 5.19. The van der Waals surface area contributed by atoms with E-state index in [1.165, 1.54) is 18.2 Å². The zero-order valence-electron chi connectivity index (χ0n) is 12.3. The fourth-order valence-electron chi connectivity index (χ4n) is 1.83. The molecule has 0 aromatic heterocycles. The standard InChI is InChI=1S/C14H10N4O6S/c19-12-5-4-10(18(23)24)7-11(12)15-14(25)16-13(20)8-2-1-3-9(6-8)17(21)22/h1-7,19H,(H2,15,16,20,25). The minimum absolute atomic E-state index is 0.00149. The maximum absolute atomic E-state index is 12.0. The molecule has 3 N–H and O–H groups in total. The molecule has 0 unspecified atom stereocenters. The quantitative estimate of drug-likeness (QED) is 0.325. The van der Waals surface area contributed by atoms with Crippen molar-refractivity contribution in [3.05, 3.63) is 68.3 Å². The molecule has 0 aliphatic rings. The van der Waals surface area contributed by atoms with Crippen LogP contribution < -0.4 is 10.6 Å². The number of nitrogens with one attached hydrogen (secondary N) is 2. The molecule has 0 saturated heterocycles. The van der Waals surface area contributed by atoms with Crippen LogP contribution in [0.3, 0.4) is 0 Å². The third-order valence-corrected chi connectivity index (χ3v) is 3.19. The van der Waals surface area contributed by atoms with Crippen molar-refractivity contribution in [2.75, 3.05) is 5.32 Å². The smallest absolute Gasteiger partial charge is 0.271 e. The van der Waals surface area contributed by atoms with Crippen LogP contribution in [0.15, 0.2) is 42.5 Å². The minimum atomic E-state index is -0.717. The maximum Gasteiger partial charge on any atom is 0.271 e. The summed E-state index contributed by atoms with van der Waals surface area (Å²) in [4.78, 5) is 32.2. The molecule has 0 atom stereocenters. The van der Waals surface area contributed by atoms with E-state index in [1.807, 2.05) is 0 Å². The van der Waals surface area contributed by atoms with Gasteiger partial charge in [0.05, 0.1) is 15.5 Å². The molecule has 11 heteroatoms. The van der Waals surface area contributed by atoms with Crippen molar-refractivity contribution >= 4 is 40.3 Å². The first-order chi connectivity index (χ1) is 11.8. The maximum atomic E-state index is 12.0. The highest BCUT2D eigenvalue weighted by Gasteiger charge is 2.15. The Labute approximate surface area is 145 Å². The molecule has 0 bridgehead atoms. The number of non-ortho nitro benzene ring substituents is 2. The summed E-state index contributed by atoms with van der Waals surface area (Å²) in [6, 6.07) is 8.25. The molecule has 0 spiro atoms. The summed E-state index contributed by atoms with van der Waals surface area (Å²) in [7, 11) is 0. The van der Waals surface area contributed by atoms with E-state index < -0.39 is 15.8 Å². The summed E-state index contributed by atoms with van der Waals surface area (Å²) >= 11 is 4.91. The number of nitro benzene ring substituents is 2. The Morgan fingerprint density at radius 3 is 2.32 bits per heavy atom. The monoisotopic (exact) mass is 362 g/mol. The second kappa shape index (κ2) is 7.31. The number of hydrogen-bond acceptors (Lipinski definition) is 7. The van der Waals surface area contributed by atoms with Gasteiger partial charge < -0.3 is 10.4 Å². The summed E-state index contributed by atoms with van der Waals surface area (Å²) in [6.45, 7) is 0. The average Bonchev–Trinajstić information content (AvgIpc) is 2.56. The van der Waals surface area contributed by atoms with Gasteiger partial charge in [0, 0.05) is 29.8 Å². The first kappa shape index (κ1) is 17.7. The molecule has 0 radical (unpaired) electrons. The highest BCUT2D eigenvalue weighted by Crippen LogP contribution is 2.27. The summed E-state index contributed by atoms with van der Waals surface area (Å²) < 4.78 is 0. The fraction of sp³-hybridized carbons (Fsp3) is 0. The van der Waals surface area contributed by atoms with Gasteiger partial charge in [-0.25, -0.2) is 0 Å². The van der Waals surface area contributed by atoms with Gasteiger partial charge in [0.1, 0.15) is 5.75 Å². The van der Waals surface area contributed by atoms with Gasteiger partial charge in [-0.2, -0.15) is 0 Å². The molecule has 2 aromatic rings. The van der Waals surface area contributed by atoms with Crippen molar-refractivity contribution in [1.82, 2.24) is 5.32 Å². The number of phenols is 1. The molecule has 0 saturated carbocycles. The van der Waals surface area contributed by atoms with E-state index in [2.05, 4.69) is 10.6 Å². The molecular formula is C14H10N4O6S. The summed E-state index contributed by atoms with van der Waals surface area (Å²) in [5.41, 5.74) is -0.615. The Morgan fingerprint density at radius 1 is 1.04 bits per heavy atom. The lowest BCUT2D eigenvalue weighted by Crippen LogP contribution is -2.34. The number of anilines is 1. The predicted octanol–water partition coefficient (Wildman–Crippen LogP) is 2.34. The number of hydrogen-bond donors (Lipinski definition) is 3. The van der Waals surface area contributed by atoms with Crippen LogP contribution in [0, 0.1) is 20.2 Å². The largest absolute Gasteiger partial charge is 0.506 e. The van der Waals surface area contributed by atoms with E-state index in [4.69, 9.17) is 12.2 Å². The fourth-order valence-corrected chi connectivity index (χ4v) is 2.03. The van der Waals surface area contributed by atoms with Crippen molar-refractivity contribution in [2.24, 2.45) is 0 Å². The van der Waals surface area contributed by atoms with Crippen molar-refractivity contribution in [3.8, 4) is 5.75 Å². The normalized spacial score (nSPS) is 9.92. The van der Waals surface area contributed by atoms with E-state index >= 15 is 0 Å². The van der Waals surface area contributed by atoms with Crippen LogP contribution in [-0.4, -0.2) is 26.0 Å². The molecule has 2 rings (SSSR count). The molecule has 0 fully saturated rings. The topological polar surface area (TPSA) is 148 Å². The Morgan fingerprint density at radius 2 is 1.68 bits per heavy atom.